The van der Waals surface area contributed by atoms with Crippen LogP contribution in [-0.4, -0.2) is 21.1 Å². The SMILES string of the molecule is CC.CCc1nc2n(n1)N=CCC=C2. The van der Waals surface area contributed by atoms with Crippen LogP contribution >= 0.6 is 0 Å². The van der Waals surface area contributed by atoms with Crippen LogP contribution in [0.25, 0.3) is 6.08 Å². The summed E-state index contributed by atoms with van der Waals surface area (Å²) in [6.45, 7) is 6.03. The predicted octanol–water partition coefficient (Wildman–Crippen LogP) is 2.12. The van der Waals surface area contributed by atoms with Gasteiger partial charge in [0, 0.05) is 19.1 Å². The molecule has 0 saturated carbocycles. The molecule has 0 unspecified atom stereocenters. The smallest absolute Gasteiger partial charge is 0.175 e. The van der Waals surface area contributed by atoms with Crippen LogP contribution in [0.3, 0.4) is 0 Å². The first-order valence-corrected chi connectivity index (χ1v) is 5.05. The van der Waals surface area contributed by atoms with E-state index in [9.17, 15) is 0 Å². The first-order chi connectivity index (χ1) is 6.90. The number of rotatable bonds is 1. The maximum Gasteiger partial charge on any atom is 0.175 e. The fourth-order valence-electron chi connectivity index (χ4n) is 1.06. The second kappa shape index (κ2) is 5.32. The van der Waals surface area contributed by atoms with Crippen LogP contribution in [-0.2, 0) is 6.42 Å². The van der Waals surface area contributed by atoms with Crippen molar-refractivity contribution >= 4 is 12.3 Å². The average molecular weight is 192 g/mol. The number of hydrogen-bond donors (Lipinski definition) is 0. The van der Waals surface area contributed by atoms with Crippen LogP contribution in [0.1, 0.15) is 38.8 Å². The van der Waals surface area contributed by atoms with Crippen molar-refractivity contribution in [3.8, 4) is 0 Å². The van der Waals surface area contributed by atoms with Gasteiger partial charge in [-0.3, -0.25) is 0 Å². The van der Waals surface area contributed by atoms with Gasteiger partial charge in [-0.2, -0.15) is 5.10 Å². The Hall–Kier alpha value is -1.45. The van der Waals surface area contributed by atoms with Crippen LogP contribution < -0.4 is 0 Å². The van der Waals surface area contributed by atoms with Gasteiger partial charge in [0.25, 0.3) is 0 Å². The van der Waals surface area contributed by atoms with Crippen molar-refractivity contribution in [3.05, 3.63) is 17.7 Å². The molecule has 0 fully saturated rings. The summed E-state index contributed by atoms with van der Waals surface area (Å²) < 4.78 is 0. The molecule has 1 aromatic heterocycles. The maximum atomic E-state index is 4.28. The zero-order valence-electron chi connectivity index (χ0n) is 8.94. The molecule has 0 aromatic carbocycles. The quantitative estimate of drug-likeness (QED) is 0.684. The highest BCUT2D eigenvalue weighted by Gasteiger charge is 2.05. The number of hydrogen-bond acceptors (Lipinski definition) is 3. The molecule has 0 radical (unpaired) electrons. The van der Waals surface area contributed by atoms with E-state index in [0.717, 1.165) is 24.5 Å². The van der Waals surface area contributed by atoms with Crippen LogP contribution in [0, 0.1) is 0 Å². The van der Waals surface area contributed by atoms with E-state index in [-0.39, 0.29) is 0 Å². The molecular weight excluding hydrogens is 176 g/mol. The van der Waals surface area contributed by atoms with Crippen LogP contribution in [0.4, 0.5) is 0 Å². The molecule has 0 amide bonds. The molecule has 14 heavy (non-hydrogen) atoms. The summed E-state index contributed by atoms with van der Waals surface area (Å²) in [5.41, 5.74) is 0. The minimum absolute atomic E-state index is 0.820. The molecular formula is C10H16N4. The van der Waals surface area contributed by atoms with E-state index in [1.54, 1.807) is 4.79 Å². The van der Waals surface area contributed by atoms with Gasteiger partial charge in [0.1, 0.15) is 0 Å². The molecule has 2 rings (SSSR count). The van der Waals surface area contributed by atoms with Gasteiger partial charge in [-0.15, -0.1) is 9.89 Å². The van der Waals surface area contributed by atoms with E-state index in [1.807, 2.05) is 39.1 Å². The monoisotopic (exact) mass is 192 g/mol. The second-order valence-electron chi connectivity index (χ2n) is 2.57. The first kappa shape index (κ1) is 10.6. The van der Waals surface area contributed by atoms with E-state index in [4.69, 9.17) is 0 Å². The molecule has 0 atom stereocenters. The van der Waals surface area contributed by atoms with Gasteiger partial charge in [0.05, 0.1) is 0 Å². The molecule has 4 nitrogen and oxygen atoms in total. The van der Waals surface area contributed by atoms with Gasteiger partial charge >= 0.3 is 0 Å². The van der Waals surface area contributed by atoms with E-state index in [2.05, 4.69) is 15.2 Å². The van der Waals surface area contributed by atoms with Gasteiger partial charge in [0.2, 0.25) is 0 Å². The van der Waals surface area contributed by atoms with E-state index in [0.29, 0.717) is 0 Å². The van der Waals surface area contributed by atoms with Crippen molar-refractivity contribution in [3.63, 3.8) is 0 Å². The largest absolute Gasteiger partial charge is 0.210 e. The second-order valence-corrected chi connectivity index (χ2v) is 2.57. The van der Waals surface area contributed by atoms with Gasteiger partial charge < -0.3 is 0 Å². The molecule has 2 heterocycles. The summed E-state index contributed by atoms with van der Waals surface area (Å²) >= 11 is 0. The van der Waals surface area contributed by atoms with Crippen molar-refractivity contribution in [2.24, 2.45) is 5.10 Å². The Labute approximate surface area is 84.4 Å². The molecule has 0 bridgehead atoms. The van der Waals surface area contributed by atoms with E-state index < -0.39 is 0 Å². The lowest BCUT2D eigenvalue weighted by Crippen LogP contribution is -1.93. The average Bonchev–Trinajstić information content (AvgIpc) is 2.52. The molecule has 0 spiro atoms. The van der Waals surface area contributed by atoms with Crippen molar-refractivity contribution in [2.75, 3.05) is 0 Å². The normalized spacial score (nSPS) is 12.8. The summed E-state index contributed by atoms with van der Waals surface area (Å²) in [6, 6.07) is 0. The number of aromatic nitrogens is 3. The highest BCUT2D eigenvalue weighted by Crippen LogP contribution is 2.04. The number of allylic oxidation sites excluding steroid dienone is 1. The zero-order valence-corrected chi connectivity index (χ0v) is 8.94. The summed E-state index contributed by atoms with van der Waals surface area (Å²) in [5, 5.41) is 8.30. The van der Waals surface area contributed by atoms with Gasteiger partial charge in [-0.25, -0.2) is 4.98 Å². The zero-order chi connectivity index (χ0) is 10.4. The Bertz CT molecular complexity index is 306. The Balaban J connectivity index is 0.000000461. The van der Waals surface area contributed by atoms with Crippen molar-refractivity contribution in [1.29, 1.82) is 0 Å². The fourth-order valence-corrected chi connectivity index (χ4v) is 1.06. The molecule has 0 aliphatic carbocycles. The standard InChI is InChI=1S/C8H10N4.C2H6/c1-2-7-10-8-5-3-4-6-9-12(8)11-7;1-2/h3,5-6H,2,4H2,1H3;1-2H3. The molecule has 0 N–H and O–H groups in total. The predicted molar refractivity (Wildman–Crippen MR) is 58.3 cm³/mol. The van der Waals surface area contributed by atoms with Gasteiger partial charge in [-0.05, 0) is 6.08 Å². The van der Waals surface area contributed by atoms with E-state index >= 15 is 0 Å². The molecule has 1 aromatic rings. The molecule has 0 saturated heterocycles. The molecule has 1 aliphatic heterocycles. The van der Waals surface area contributed by atoms with E-state index in [1.165, 1.54) is 0 Å². The lowest BCUT2D eigenvalue weighted by molar-refractivity contribution is 0.719. The third kappa shape index (κ3) is 2.28. The van der Waals surface area contributed by atoms with Crippen molar-refractivity contribution in [1.82, 2.24) is 14.9 Å². The third-order valence-electron chi connectivity index (χ3n) is 1.67. The highest BCUT2D eigenvalue weighted by atomic mass is 15.5. The number of nitrogens with zero attached hydrogens (tertiary/aromatic N) is 4. The molecule has 1 aliphatic rings. The number of aryl methyl sites for hydroxylation is 1. The minimum atomic E-state index is 0.820. The van der Waals surface area contributed by atoms with Crippen LogP contribution in [0.2, 0.25) is 0 Å². The molecule has 4 heteroatoms. The van der Waals surface area contributed by atoms with Gasteiger partial charge in [-0.1, -0.05) is 26.8 Å². The summed E-state index contributed by atoms with van der Waals surface area (Å²) in [5.74, 6) is 1.66. The highest BCUT2D eigenvalue weighted by molar-refractivity contribution is 5.63. The lowest BCUT2D eigenvalue weighted by atomic mass is 10.4. The lowest BCUT2D eigenvalue weighted by Gasteiger charge is -1.88. The Morgan fingerprint density at radius 2 is 2.21 bits per heavy atom. The summed E-state index contributed by atoms with van der Waals surface area (Å²) in [4.78, 5) is 5.85. The maximum absolute atomic E-state index is 4.28. The summed E-state index contributed by atoms with van der Waals surface area (Å²) in [6.07, 6.45) is 7.49. The van der Waals surface area contributed by atoms with Crippen LogP contribution in [0.15, 0.2) is 11.2 Å². The third-order valence-corrected chi connectivity index (χ3v) is 1.67. The summed E-state index contributed by atoms with van der Waals surface area (Å²) in [7, 11) is 0. The Morgan fingerprint density at radius 3 is 2.93 bits per heavy atom. The van der Waals surface area contributed by atoms with Crippen molar-refractivity contribution < 1.29 is 0 Å². The number of fused-ring (bicyclic) bond motifs is 1. The van der Waals surface area contributed by atoms with Crippen molar-refractivity contribution in [2.45, 2.75) is 33.6 Å². The molecule has 76 valence electrons. The van der Waals surface area contributed by atoms with Crippen LogP contribution in [0.5, 0.6) is 0 Å². The van der Waals surface area contributed by atoms with Gasteiger partial charge in [0.15, 0.2) is 11.6 Å². The Kier molecular flexibility index (Phi) is 4.04. The fraction of sp³-hybridized carbons (Fsp3) is 0.500. The Morgan fingerprint density at radius 1 is 1.43 bits per heavy atom. The topological polar surface area (TPSA) is 43.1 Å². The first-order valence-electron chi connectivity index (χ1n) is 5.05. The minimum Gasteiger partial charge on any atom is -0.210 e.